The van der Waals surface area contributed by atoms with Crippen molar-refractivity contribution in [1.29, 1.82) is 0 Å². The molecule has 0 atom stereocenters. The monoisotopic (exact) mass is 285 g/mol. The van der Waals surface area contributed by atoms with Crippen molar-refractivity contribution < 1.29 is 17.9 Å². The van der Waals surface area contributed by atoms with Crippen molar-refractivity contribution in [2.45, 2.75) is 19.8 Å². The number of rotatable bonds is 7. The summed E-state index contributed by atoms with van der Waals surface area (Å²) in [6.07, 6.45) is 0.622. The standard InChI is InChI=1S/C13H19NO4S/c1-2-8-19(16,17)9-7-18-13(15)10-11-5-3-4-6-12(11)14/h3-6H,2,7-10,14H2,1H3. The number of anilines is 1. The molecule has 19 heavy (non-hydrogen) atoms. The van der Waals surface area contributed by atoms with Gasteiger partial charge in [0.25, 0.3) is 0 Å². The van der Waals surface area contributed by atoms with Crippen molar-refractivity contribution in [3.63, 3.8) is 0 Å². The summed E-state index contributed by atoms with van der Waals surface area (Å²) in [6, 6.07) is 7.00. The lowest BCUT2D eigenvalue weighted by molar-refractivity contribution is -0.142. The maximum absolute atomic E-state index is 11.5. The van der Waals surface area contributed by atoms with E-state index in [1.807, 2.05) is 0 Å². The highest BCUT2D eigenvalue weighted by atomic mass is 32.2. The molecule has 0 radical (unpaired) electrons. The first kappa shape index (κ1) is 15.5. The molecule has 5 nitrogen and oxygen atoms in total. The van der Waals surface area contributed by atoms with Gasteiger partial charge in [0.2, 0.25) is 0 Å². The zero-order valence-corrected chi connectivity index (χ0v) is 11.8. The second kappa shape index (κ2) is 7.13. The Kier molecular flexibility index (Phi) is 5.82. The number of esters is 1. The first-order chi connectivity index (χ1) is 8.94. The zero-order chi connectivity index (χ0) is 14.3. The van der Waals surface area contributed by atoms with Gasteiger partial charge in [0.1, 0.15) is 6.61 Å². The molecule has 0 aliphatic rings. The molecule has 0 saturated heterocycles. The third-order valence-electron chi connectivity index (χ3n) is 2.56. The van der Waals surface area contributed by atoms with E-state index in [2.05, 4.69) is 0 Å². The summed E-state index contributed by atoms with van der Waals surface area (Å²) >= 11 is 0. The molecule has 6 heteroatoms. The van der Waals surface area contributed by atoms with E-state index < -0.39 is 15.8 Å². The van der Waals surface area contributed by atoms with Gasteiger partial charge in [0.15, 0.2) is 9.84 Å². The van der Waals surface area contributed by atoms with Crippen molar-refractivity contribution in [3.8, 4) is 0 Å². The molecule has 0 saturated carbocycles. The molecular formula is C13H19NO4S. The van der Waals surface area contributed by atoms with Gasteiger partial charge in [0, 0.05) is 5.69 Å². The van der Waals surface area contributed by atoms with Gasteiger partial charge < -0.3 is 10.5 Å². The highest BCUT2D eigenvalue weighted by Gasteiger charge is 2.12. The smallest absolute Gasteiger partial charge is 0.310 e. The van der Waals surface area contributed by atoms with E-state index in [4.69, 9.17) is 10.5 Å². The van der Waals surface area contributed by atoms with Crippen LogP contribution in [-0.4, -0.2) is 32.5 Å². The Morgan fingerprint density at radius 3 is 2.58 bits per heavy atom. The number of ether oxygens (including phenoxy) is 1. The topological polar surface area (TPSA) is 86.5 Å². The van der Waals surface area contributed by atoms with E-state index in [-0.39, 0.29) is 24.5 Å². The summed E-state index contributed by atoms with van der Waals surface area (Å²) in [5, 5.41) is 0. The molecule has 1 rings (SSSR count). The van der Waals surface area contributed by atoms with Gasteiger partial charge in [0.05, 0.1) is 17.9 Å². The van der Waals surface area contributed by atoms with Crippen LogP contribution in [0.4, 0.5) is 5.69 Å². The predicted octanol–water partition coefficient (Wildman–Crippen LogP) is 1.18. The molecule has 0 spiro atoms. The molecule has 0 fully saturated rings. The van der Waals surface area contributed by atoms with Crippen molar-refractivity contribution in [3.05, 3.63) is 29.8 Å². The highest BCUT2D eigenvalue weighted by Crippen LogP contribution is 2.11. The van der Waals surface area contributed by atoms with Crippen molar-refractivity contribution >= 4 is 21.5 Å². The normalized spacial score (nSPS) is 11.2. The number of hydrogen-bond donors (Lipinski definition) is 1. The Bertz CT molecular complexity index is 525. The van der Waals surface area contributed by atoms with Gasteiger partial charge in [-0.2, -0.15) is 0 Å². The summed E-state index contributed by atoms with van der Waals surface area (Å²) in [5.74, 6) is -0.475. The number of nitrogens with two attached hydrogens (primary N) is 1. The van der Waals surface area contributed by atoms with Crippen LogP contribution in [0.15, 0.2) is 24.3 Å². The van der Waals surface area contributed by atoms with E-state index in [9.17, 15) is 13.2 Å². The summed E-state index contributed by atoms with van der Waals surface area (Å²) in [5.41, 5.74) is 6.91. The number of nitrogen functional groups attached to an aromatic ring is 1. The number of para-hydroxylation sites is 1. The van der Waals surface area contributed by atoms with Crippen LogP contribution in [0, 0.1) is 0 Å². The van der Waals surface area contributed by atoms with Gasteiger partial charge in [-0.3, -0.25) is 4.79 Å². The van der Waals surface area contributed by atoms with Crippen LogP contribution >= 0.6 is 0 Å². The van der Waals surface area contributed by atoms with Crippen molar-refractivity contribution in [2.24, 2.45) is 0 Å². The quantitative estimate of drug-likeness (QED) is 0.600. The molecule has 1 aromatic carbocycles. The number of carbonyl (C=O) groups excluding carboxylic acids is 1. The minimum absolute atomic E-state index is 0.0561. The molecule has 0 aliphatic heterocycles. The van der Waals surface area contributed by atoms with Crippen LogP contribution in [0.3, 0.4) is 0 Å². The van der Waals surface area contributed by atoms with E-state index in [0.717, 1.165) is 0 Å². The Balaban J connectivity index is 2.39. The maximum Gasteiger partial charge on any atom is 0.310 e. The fourth-order valence-corrected chi connectivity index (χ4v) is 2.76. The Morgan fingerprint density at radius 2 is 1.95 bits per heavy atom. The van der Waals surface area contributed by atoms with Gasteiger partial charge in [-0.25, -0.2) is 8.42 Å². The Morgan fingerprint density at radius 1 is 1.26 bits per heavy atom. The lowest BCUT2D eigenvalue weighted by Gasteiger charge is -2.07. The zero-order valence-electron chi connectivity index (χ0n) is 11.0. The third-order valence-corrected chi connectivity index (χ3v) is 4.38. The van der Waals surface area contributed by atoms with Crippen LogP contribution in [0.5, 0.6) is 0 Å². The average molecular weight is 285 g/mol. The van der Waals surface area contributed by atoms with Crippen LogP contribution in [-0.2, 0) is 25.8 Å². The van der Waals surface area contributed by atoms with Crippen molar-refractivity contribution in [1.82, 2.24) is 0 Å². The molecule has 0 amide bonds. The predicted molar refractivity (Wildman–Crippen MR) is 74.5 cm³/mol. The Labute approximate surface area is 113 Å². The maximum atomic E-state index is 11.5. The van der Waals surface area contributed by atoms with Gasteiger partial charge in [-0.15, -0.1) is 0 Å². The van der Waals surface area contributed by atoms with E-state index in [1.165, 1.54) is 0 Å². The minimum atomic E-state index is -3.11. The van der Waals surface area contributed by atoms with E-state index >= 15 is 0 Å². The second-order valence-electron chi connectivity index (χ2n) is 4.25. The molecule has 0 unspecified atom stereocenters. The van der Waals surface area contributed by atoms with Gasteiger partial charge >= 0.3 is 5.97 Å². The number of sulfone groups is 1. The highest BCUT2D eigenvalue weighted by molar-refractivity contribution is 7.91. The summed E-state index contributed by atoms with van der Waals surface area (Å²) < 4.78 is 27.7. The van der Waals surface area contributed by atoms with E-state index in [0.29, 0.717) is 17.7 Å². The van der Waals surface area contributed by atoms with Crippen molar-refractivity contribution in [2.75, 3.05) is 23.8 Å². The van der Waals surface area contributed by atoms with Crippen LogP contribution in [0.2, 0.25) is 0 Å². The summed E-state index contributed by atoms with van der Waals surface area (Å²) in [7, 11) is -3.11. The molecule has 106 valence electrons. The van der Waals surface area contributed by atoms with Gasteiger partial charge in [-0.05, 0) is 18.1 Å². The van der Waals surface area contributed by atoms with Gasteiger partial charge in [-0.1, -0.05) is 25.1 Å². The molecule has 0 aliphatic carbocycles. The number of benzene rings is 1. The molecule has 1 aromatic rings. The number of hydrogen-bond acceptors (Lipinski definition) is 5. The van der Waals surface area contributed by atoms with Crippen LogP contribution < -0.4 is 5.73 Å². The first-order valence-corrected chi connectivity index (χ1v) is 7.96. The first-order valence-electron chi connectivity index (χ1n) is 6.14. The molecule has 2 N–H and O–H groups in total. The lowest BCUT2D eigenvalue weighted by atomic mass is 10.1. The molecule has 0 aromatic heterocycles. The Hall–Kier alpha value is -1.56. The number of carbonyl (C=O) groups is 1. The summed E-state index contributed by atoms with van der Waals surface area (Å²) in [4.78, 5) is 11.5. The molecule has 0 bridgehead atoms. The molecule has 0 heterocycles. The largest absolute Gasteiger partial charge is 0.464 e. The minimum Gasteiger partial charge on any atom is -0.464 e. The second-order valence-corrected chi connectivity index (χ2v) is 6.55. The van der Waals surface area contributed by atoms with Crippen LogP contribution in [0.1, 0.15) is 18.9 Å². The fraction of sp³-hybridized carbons (Fsp3) is 0.462. The van der Waals surface area contributed by atoms with E-state index in [1.54, 1.807) is 31.2 Å². The van der Waals surface area contributed by atoms with Crippen LogP contribution in [0.25, 0.3) is 0 Å². The SMILES string of the molecule is CCCS(=O)(=O)CCOC(=O)Cc1ccccc1N. The average Bonchev–Trinajstić information content (AvgIpc) is 2.31. The molecular weight excluding hydrogens is 266 g/mol. The fourth-order valence-electron chi connectivity index (χ4n) is 1.60. The summed E-state index contributed by atoms with van der Waals surface area (Å²) in [6.45, 7) is 1.69. The lowest BCUT2D eigenvalue weighted by Crippen LogP contribution is -2.18. The third kappa shape index (κ3) is 5.74.